The van der Waals surface area contributed by atoms with Crippen LogP contribution < -0.4 is 4.90 Å². The van der Waals surface area contributed by atoms with Crippen molar-refractivity contribution in [2.45, 2.75) is 50.6 Å². The van der Waals surface area contributed by atoms with E-state index >= 15 is 0 Å². The number of likely N-dealkylation sites (N-methyl/N-ethyl adjacent to an activating group) is 2. The number of carbonyl (C=O) groups excluding carboxylic acids is 1. The summed E-state index contributed by atoms with van der Waals surface area (Å²) in [4.78, 5) is 20.4. The van der Waals surface area contributed by atoms with Gasteiger partial charge < -0.3 is 9.80 Å². The summed E-state index contributed by atoms with van der Waals surface area (Å²) in [5.74, 6) is 0.0407. The van der Waals surface area contributed by atoms with E-state index in [0.29, 0.717) is 6.54 Å². The lowest BCUT2D eigenvalue weighted by atomic mass is 9.81. The summed E-state index contributed by atoms with van der Waals surface area (Å²) < 4.78 is 1.18. The predicted molar refractivity (Wildman–Crippen MR) is 104 cm³/mol. The van der Waals surface area contributed by atoms with Crippen molar-refractivity contribution in [1.29, 1.82) is 5.26 Å². The number of rotatable bonds is 5. The van der Waals surface area contributed by atoms with Crippen LogP contribution >= 0.6 is 11.3 Å². The van der Waals surface area contributed by atoms with Crippen molar-refractivity contribution in [3.05, 3.63) is 29.3 Å². The predicted octanol–water partition coefficient (Wildman–Crippen LogP) is 2.56. The second kappa shape index (κ2) is 7.73. The molecule has 138 valence electrons. The maximum atomic E-state index is 12.9. The normalized spacial score (nSPS) is 18.8. The first kappa shape index (κ1) is 18.8. The number of nitrogens with zero attached hydrogens (tertiary/aromatic N) is 3. The third-order valence-corrected chi connectivity index (χ3v) is 6.97. The Labute approximate surface area is 159 Å². The minimum Gasteiger partial charge on any atom is -0.322 e. The van der Waals surface area contributed by atoms with Gasteiger partial charge in [0.1, 0.15) is 11.6 Å². The van der Waals surface area contributed by atoms with Gasteiger partial charge in [-0.2, -0.15) is 5.26 Å². The Bertz CT molecular complexity index is 786. The van der Waals surface area contributed by atoms with Gasteiger partial charge in [0.15, 0.2) is 11.6 Å². The highest BCUT2D eigenvalue weighted by Crippen LogP contribution is 2.32. The topological polar surface area (TPSA) is 61.4 Å². The summed E-state index contributed by atoms with van der Waals surface area (Å²) in [6.45, 7) is 2.48. The van der Waals surface area contributed by atoms with E-state index < -0.39 is 5.54 Å². The smallest absolute Gasteiger partial charge is 0.278 e. The summed E-state index contributed by atoms with van der Waals surface area (Å²) >= 11 is 1.69. The molecule has 5 nitrogen and oxygen atoms in total. The number of benzene rings is 1. The average Bonchev–Trinajstić information content (AvgIpc) is 3.11. The second-order valence-electron chi connectivity index (χ2n) is 7.42. The molecule has 2 atom stereocenters. The van der Waals surface area contributed by atoms with Gasteiger partial charge in [-0.3, -0.25) is 4.79 Å². The van der Waals surface area contributed by atoms with E-state index in [1.807, 2.05) is 25.2 Å². The minimum absolute atomic E-state index is 0.0407. The van der Waals surface area contributed by atoms with Crippen molar-refractivity contribution in [3.8, 4) is 6.07 Å². The van der Waals surface area contributed by atoms with Gasteiger partial charge in [-0.15, -0.1) is 11.3 Å². The number of thiazole rings is 1. The monoisotopic (exact) mass is 371 g/mol. The number of nitrogens with one attached hydrogen (secondary N) is 1. The zero-order chi connectivity index (χ0) is 18.7. The van der Waals surface area contributed by atoms with E-state index in [9.17, 15) is 10.1 Å². The molecule has 26 heavy (non-hydrogen) atoms. The lowest BCUT2D eigenvalue weighted by Crippen LogP contribution is -3.10. The zero-order valence-corrected chi connectivity index (χ0v) is 16.6. The third-order valence-electron chi connectivity index (χ3n) is 5.76. The molecule has 1 aromatic carbocycles. The first-order valence-corrected chi connectivity index (χ1v) is 10.1. The van der Waals surface area contributed by atoms with E-state index in [1.165, 1.54) is 4.70 Å². The van der Waals surface area contributed by atoms with Crippen LogP contribution in [0.15, 0.2) is 24.3 Å². The van der Waals surface area contributed by atoms with E-state index in [4.69, 9.17) is 4.98 Å². The lowest BCUT2D eigenvalue weighted by Gasteiger charge is -2.39. The largest absolute Gasteiger partial charge is 0.322 e. The van der Waals surface area contributed by atoms with Crippen LogP contribution in [0.3, 0.4) is 0 Å². The summed E-state index contributed by atoms with van der Waals surface area (Å²) in [5.41, 5.74) is 0.399. The van der Waals surface area contributed by atoms with Gasteiger partial charge >= 0.3 is 0 Å². The summed E-state index contributed by atoms with van der Waals surface area (Å²) in [5, 5.41) is 10.8. The van der Waals surface area contributed by atoms with E-state index in [2.05, 4.69) is 19.1 Å². The maximum Gasteiger partial charge on any atom is 0.278 e. The molecular weight excluding hydrogens is 344 g/mol. The van der Waals surface area contributed by atoms with Crippen LogP contribution in [0.1, 0.15) is 50.1 Å². The molecule has 6 heteroatoms. The van der Waals surface area contributed by atoms with E-state index in [-0.39, 0.29) is 11.9 Å². The molecule has 1 N–H and O–H groups in total. The Morgan fingerprint density at radius 3 is 2.73 bits per heavy atom. The molecule has 0 aliphatic heterocycles. The number of aromatic nitrogens is 1. The van der Waals surface area contributed by atoms with Gasteiger partial charge in [0, 0.05) is 7.05 Å². The first-order chi connectivity index (χ1) is 12.5. The fourth-order valence-electron chi connectivity index (χ4n) is 3.69. The van der Waals surface area contributed by atoms with Crippen molar-refractivity contribution >= 4 is 27.5 Å². The molecule has 3 rings (SSSR count). The molecule has 1 fully saturated rings. The molecule has 1 heterocycles. The molecule has 0 radical (unpaired) electrons. The molecule has 0 bridgehead atoms. The van der Waals surface area contributed by atoms with Crippen LogP contribution in [0.5, 0.6) is 0 Å². The molecule has 0 spiro atoms. The Balaban J connectivity index is 1.69. The van der Waals surface area contributed by atoms with Gasteiger partial charge in [-0.05, 0) is 31.9 Å². The van der Waals surface area contributed by atoms with E-state index in [0.717, 1.165) is 47.5 Å². The minimum atomic E-state index is -0.616. The molecule has 1 aliphatic rings. The molecule has 2 aromatic rings. The van der Waals surface area contributed by atoms with Gasteiger partial charge in [-0.1, -0.05) is 31.4 Å². The van der Waals surface area contributed by atoms with Crippen LogP contribution in [0.2, 0.25) is 0 Å². The Morgan fingerprint density at radius 1 is 1.38 bits per heavy atom. The van der Waals surface area contributed by atoms with Crippen molar-refractivity contribution < 1.29 is 9.69 Å². The van der Waals surface area contributed by atoms with E-state index in [1.54, 1.807) is 23.3 Å². The summed E-state index contributed by atoms with van der Waals surface area (Å²) in [6, 6.07) is 10.7. The number of nitriles is 1. The van der Waals surface area contributed by atoms with Crippen LogP contribution in [0.4, 0.5) is 0 Å². The SMILES string of the molecule is C[C@H](c1nc2ccccc2s1)[NH+](C)CC(=O)N(C)C1(C#N)CCCCC1. The average molecular weight is 372 g/mol. The van der Waals surface area contributed by atoms with Gasteiger partial charge in [0.05, 0.1) is 23.3 Å². The fourth-order valence-corrected chi connectivity index (χ4v) is 4.81. The molecular formula is C20H27N4OS+. The highest BCUT2D eigenvalue weighted by molar-refractivity contribution is 7.18. The van der Waals surface area contributed by atoms with Gasteiger partial charge in [-0.25, -0.2) is 4.98 Å². The van der Waals surface area contributed by atoms with Crippen molar-refractivity contribution in [2.75, 3.05) is 20.6 Å². The molecule has 1 amide bonds. The quantitative estimate of drug-likeness (QED) is 0.879. The second-order valence-corrected chi connectivity index (χ2v) is 8.48. The number of hydrogen-bond donors (Lipinski definition) is 1. The zero-order valence-electron chi connectivity index (χ0n) is 15.8. The van der Waals surface area contributed by atoms with Gasteiger partial charge in [0.25, 0.3) is 5.91 Å². The van der Waals surface area contributed by atoms with Crippen molar-refractivity contribution in [1.82, 2.24) is 9.88 Å². The number of quaternary nitrogens is 1. The number of para-hydroxylation sites is 1. The number of hydrogen-bond acceptors (Lipinski definition) is 4. The third kappa shape index (κ3) is 3.60. The van der Waals surface area contributed by atoms with Gasteiger partial charge in [0.2, 0.25) is 0 Å². The highest BCUT2D eigenvalue weighted by atomic mass is 32.1. The number of fused-ring (bicyclic) bond motifs is 1. The van der Waals surface area contributed by atoms with Crippen LogP contribution in [-0.2, 0) is 4.79 Å². The Hall–Kier alpha value is -1.97. The Kier molecular flexibility index (Phi) is 5.59. The van der Waals surface area contributed by atoms with Crippen molar-refractivity contribution in [3.63, 3.8) is 0 Å². The highest BCUT2D eigenvalue weighted by Gasteiger charge is 2.39. The number of carbonyl (C=O) groups is 1. The molecule has 1 aromatic heterocycles. The maximum absolute atomic E-state index is 12.9. The molecule has 1 saturated carbocycles. The summed E-state index contributed by atoms with van der Waals surface area (Å²) in [7, 11) is 3.83. The fraction of sp³-hybridized carbons (Fsp3) is 0.550. The van der Waals surface area contributed by atoms with Crippen molar-refractivity contribution in [2.24, 2.45) is 0 Å². The molecule has 1 aliphatic carbocycles. The van der Waals surface area contributed by atoms with Crippen LogP contribution in [0.25, 0.3) is 10.2 Å². The van der Waals surface area contributed by atoms with Crippen LogP contribution in [0, 0.1) is 11.3 Å². The Morgan fingerprint density at radius 2 is 2.08 bits per heavy atom. The molecule has 1 unspecified atom stereocenters. The lowest BCUT2D eigenvalue weighted by molar-refractivity contribution is -0.902. The standard InChI is InChI=1S/C20H26N4OS/c1-15(19-22-16-9-5-6-10-17(16)26-19)23(2)13-18(25)24(3)20(14-21)11-7-4-8-12-20/h5-6,9-10,15H,4,7-8,11-13H2,1-3H3/p+1/t15-/m1/s1. The molecule has 0 saturated heterocycles. The summed E-state index contributed by atoms with van der Waals surface area (Å²) in [6.07, 6.45) is 4.79. The first-order valence-electron chi connectivity index (χ1n) is 9.32. The number of amides is 1. The van der Waals surface area contributed by atoms with Crippen LogP contribution in [-0.4, -0.2) is 42.0 Å².